The van der Waals surface area contributed by atoms with Gasteiger partial charge in [0.1, 0.15) is 18.0 Å². The van der Waals surface area contributed by atoms with Crippen molar-refractivity contribution in [1.29, 1.82) is 0 Å². The van der Waals surface area contributed by atoms with Gasteiger partial charge in [0, 0.05) is 18.6 Å². The third-order valence-electron chi connectivity index (χ3n) is 5.65. The van der Waals surface area contributed by atoms with Crippen molar-refractivity contribution in [3.63, 3.8) is 0 Å². The van der Waals surface area contributed by atoms with Crippen molar-refractivity contribution in [2.24, 2.45) is 0 Å². The number of benzene rings is 1. The molecule has 2 N–H and O–H groups in total. The molecule has 0 saturated carbocycles. The number of carbonyl (C=O) groups is 2. The Morgan fingerprint density at radius 2 is 1.78 bits per heavy atom. The van der Waals surface area contributed by atoms with Crippen LogP contribution in [0, 0.1) is 0 Å². The van der Waals surface area contributed by atoms with Gasteiger partial charge in [0.2, 0.25) is 0 Å². The molecule has 0 radical (unpaired) electrons. The van der Waals surface area contributed by atoms with Crippen molar-refractivity contribution < 1.29 is 27.9 Å². The standard InChI is InChI=1S/C28H30N6O6S/c1-28(2,3)40-27(37)33(19-26(35)36)24-9-6-8-22(31-24)23(32-41(38,39)25-10-4-5-15-29-25)18-20-11-13-21(14-12-20)34-17-7-16-30-34/h4-17,23,32H,18-19H2,1-3H3,(H,35,36). The summed E-state index contributed by atoms with van der Waals surface area (Å²) in [7, 11) is -4.08. The molecule has 0 spiro atoms. The first kappa shape index (κ1) is 29.4. The summed E-state index contributed by atoms with van der Waals surface area (Å²) in [6, 6.07) is 17.5. The van der Waals surface area contributed by atoms with E-state index < -0.39 is 40.3 Å². The number of pyridine rings is 2. The number of aliphatic carboxylic acids is 1. The van der Waals surface area contributed by atoms with Crippen LogP contribution in [0.4, 0.5) is 10.6 Å². The van der Waals surface area contributed by atoms with Crippen LogP contribution in [0.15, 0.2) is 90.3 Å². The van der Waals surface area contributed by atoms with Crippen LogP contribution >= 0.6 is 0 Å². The number of hydrogen-bond acceptors (Lipinski definition) is 8. The smallest absolute Gasteiger partial charge is 0.416 e. The normalized spacial score (nSPS) is 12.5. The number of aromatic nitrogens is 4. The summed E-state index contributed by atoms with van der Waals surface area (Å²) in [5.74, 6) is -1.28. The van der Waals surface area contributed by atoms with E-state index in [1.165, 1.54) is 18.3 Å². The van der Waals surface area contributed by atoms with E-state index in [9.17, 15) is 23.1 Å². The molecule has 41 heavy (non-hydrogen) atoms. The third kappa shape index (κ3) is 7.96. The summed E-state index contributed by atoms with van der Waals surface area (Å²) in [6.07, 6.45) is 4.14. The van der Waals surface area contributed by atoms with Gasteiger partial charge in [-0.25, -0.2) is 32.6 Å². The Kier molecular flexibility index (Phi) is 8.79. The minimum absolute atomic E-state index is 0.00443. The predicted molar refractivity (Wildman–Crippen MR) is 150 cm³/mol. The fraction of sp³-hybridized carbons (Fsp3) is 0.250. The lowest BCUT2D eigenvalue weighted by atomic mass is 10.0. The zero-order chi connectivity index (χ0) is 29.6. The molecule has 13 heteroatoms. The average molecular weight is 579 g/mol. The molecule has 1 unspecified atom stereocenters. The van der Waals surface area contributed by atoms with Gasteiger partial charge in [-0.05, 0) is 75.2 Å². The van der Waals surface area contributed by atoms with Crippen LogP contribution in [0.2, 0.25) is 0 Å². The summed E-state index contributed by atoms with van der Waals surface area (Å²) in [6.45, 7) is 4.28. The first-order chi connectivity index (χ1) is 19.4. The van der Waals surface area contributed by atoms with Gasteiger partial charge in [-0.15, -0.1) is 0 Å². The number of nitrogens with one attached hydrogen (secondary N) is 1. The van der Waals surface area contributed by atoms with Crippen molar-refractivity contribution >= 4 is 27.9 Å². The first-order valence-corrected chi connectivity index (χ1v) is 14.1. The van der Waals surface area contributed by atoms with Crippen LogP contribution in [-0.2, 0) is 26.0 Å². The zero-order valence-corrected chi connectivity index (χ0v) is 23.5. The summed E-state index contributed by atoms with van der Waals surface area (Å²) < 4.78 is 36.3. The van der Waals surface area contributed by atoms with E-state index in [2.05, 4.69) is 19.8 Å². The number of amides is 1. The Hall–Kier alpha value is -4.62. The summed E-state index contributed by atoms with van der Waals surface area (Å²) >= 11 is 0. The molecule has 0 aliphatic rings. The highest BCUT2D eigenvalue weighted by atomic mass is 32.2. The van der Waals surface area contributed by atoms with Crippen LogP contribution in [0.25, 0.3) is 5.69 Å². The van der Waals surface area contributed by atoms with Gasteiger partial charge in [-0.1, -0.05) is 24.3 Å². The van der Waals surface area contributed by atoms with Gasteiger partial charge < -0.3 is 9.84 Å². The monoisotopic (exact) mass is 578 g/mol. The topological polar surface area (TPSA) is 157 Å². The van der Waals surface area contributed by atoms with Crippen LogP contribution in [-0.4, -0.2) is 57.5 Å². The third-order valence-corrected chi connectivity index (χ3v) is 7.04. The first-order valence-electron chi connectivity index (χ1n) is 12.6. The van der Waals surface area contributed by atoms with Crippen LogP contribution in [0.5, 0.6) is 0 Å². The highest BCUT2D eigenvalue weighted by molar-refractivity contribution is 7.89. The van der Waals surface area contributed by atoms with Gasteiger partial charge in [0.05, 0.1) is 17.4 Å². The van der Waals surface area contributed by atoms with E-state index in [1.54, 1.807) is 62.0 Å². The molecule has 0 fully saturated rings. The lowest BCUT2D eigenvalue weighted by Gasteiger charge is -2.26. The minimum Gasteiger partial charge on any atom is -0.480 e. The maximum absolute atomic E-state index is 13.3. The molecule has 214 valence electrons. The minimum atomic E-state index is -4.08. The largest absolute Gasteiger partial charge is 0.480 e. The highest BCUT2D eigenvalue weighted by Gasteiger charge is 2.28. The number of carboxylic acid groups (broad SMARTS) is 1. The number of nitrogens with zero attached hydrogens (tertiary/aromatic N) is 5. The van der Waals surface area contributed by atoms with Crippen LogP contribution in [0.1, 0.15) is 38.1 Å². The van der Waals surface area contributed by atoms with Crippen LogP contribution < -0.4 is 9.62 Å². The van der Waals surface area contributed by atoms with Crippen molar-refractivity contribution in [1.82, 2.24) is 24.5 Å². The molecule has 0 aliphatic heterocycles. The molecule has 0 saturated heterocycles. The maximum Gasteiger partial charge on any atom is 0.416 e. The Balaban J connectivity index is 1.70. The number of carbonyl (C=O) groups excluding carboxylic acids is 1. The van der Waals surface area contributed by atoms with E-state index >= 15 is 0 Å². The average Bonchev–Trinajstić information content (AvgIpc) is 3.46. The van der Waals surface area contributed by atoms with Gasteiger partial charge in [0.15, 0.2) is 5.03 Å². The van der Waals surface area contributed by atoms with Crippen molar-refractivity contribution in [3.8, 4) is 5.69 Å². The van der Waals surface area contributed by atoms with Crippen LogP contribution in [0.3, 0.4) is 0 Å². The number of anilines is 1. The Morgan fingerprint density at radius 1 is 1.02 bits per heavy atom. The second-order valence-corrected chi connectivity index (χ2v) is 11.7. The lowest BCUT2D eigenvalue weighted by molar-refractivity contribution is -0.135. The van der Waals surface area contributed by atoms with Crippen molar-refractivity contribution in [2.45, 2.75) is 43.9 Å². The SMILES string of the molecule is CC(C)(C)OC(=O)N(CC(=O)O)c1cccc(C(Cc2ccc(-n3cccn3)cc2)NS(=O)(=O)c2ccccn2)n1. The second-order valence-electron chi connectivity index (χ2n) is 10.0. The molecule has 0 bridgehead atoms. The van der Waals surface area contributed by atoms with E-state index in [1.807, 2.05) is 30.5 Å². The van der Waals surface area contributed by atoms with Gasteiger partial charge >= 0.3 is 12.1 Å². The van der Waals surface area contributed by atoms with Gasteiger partial charge in [-0.3, -0.25) is 9.69 Å². The molecular weight excluding hydrogens is 548 g/mol. The summed E-state index contributed by atoms with van der Waals surface area (Å²) in [5.41, 5.74) is 0.994. The number of sulfonamides is 1. The molecule has 4 rings (SSSR count). The zero-order valence-electron chi connectivity index (χ0n) is 22.7. The van der Waals surface area contributed by atoms with E-state index in [0.29, 0.717) is 0 Å². The molecule has 1 aromatic carbocycles. The Bertz CT molecular complexity index is 1590. The Morgan fingerprint density at radius 3 is 2.39 bits per heavy atom. The molecule has 4 aromatic rings. The van der Waals surface area contributed by atoms with Crippen molar-refractivity contribution in [3.05, 3.63) is 96.6 Å². The number of ether oxygens (including phenoxy) is 1. The fourth-order valence-electron chi connectivity index (χ4n) is 3.88. The summed E-state index contributed by atoms with van der Waals surface area (Å²) in [4.78, 5) is 33.8. The number of carboxylic acids is 1. The molecule has 3 aromatic heterocycles. The summed E-state index contributed by atoms with van der Waals surface area (Å²) in [5, 5.41) is 13.5. The number of hydrogen-bond donors (Lipinski definition) is 2. The molecular formula is C28H30N6O6S. The maximum atomic E-state index is 13.3. The quantitative estimate of drug-likeness (QED) is 0.286. The van der Waals surface area contributed by atoms with Gasteiger partial charge in [-0.2, -0.15) is 5.10 Å². The predicted octanol–water partition coefficient (Wildman–Crippen LogP) is 3.75. The molecule has 3 heterocycles. The highest BCUT2D eigenvalue weighted by Crippen LogP contribution is 2.24. The molecule has 1 atom stereocenters. The fourth-order valence-corrected chi connectivity index (χ4v) is 5.03. The number of rotatable bonds is 10. The van der Waals surface area contributed by atoms with Crippen molar-refractivity contribution in [2.75, 3.05) is 11.4 Å². The van der Waals surface area contributed by atoms with E-state index in [-0.39, 0.29) is 23.0 Å². The second kappa shape index (κ2) is 12.3. The lowest BCUT2D eigenvalue weighted by Crippen LogP contribution is -2.40. The molecule has 12 nitrogen and oxygen atoms in total. The molecule has 0 aliphatic carbocycles. The van der Waals surface area contributed by atoms with E-state index in [0.717, 1.165) is 16.2 Å². The Labute approximate surface area is 237 Å². The molecule has 1 amide bonds. The van der Waals surface area contributed by atoms with E-state index in [4.69, 9.17) is 4.74 Å². The van der Waals surface area contributed by atoms with Gasteiger partial charge in [0.25, 0.3) is 10.0 Å².